The molecule has 1 N–H and O–H groups in total. The summed E-state index contributed by atoms with van der Waals surface area (Å²) < 4.78 is 25.6. The Labute approximate surface area is 191 Å². The molecular formula is C24H25ClFNO5. The molecule has 3 rings (SSSR count). The van der Waals surface area contributed by atoms with Crippen LogP contribution in [0.3, 0.4) is 0 Å². The van der Waals surface area contributed by atoms with Crippen LogP contribution < -0.4 is 4.74 Å². The molecule has 0 saturated carbocycles. The molecule has 1 amide bonds. The van der Waals surface area contributed by atoms with Gasteiger partial charge in [0.1, 0.15) is 17.3 Å². The Hall–Kier alpha value is -2.90. The summed E-state index contributed by atoms with van der Waals surface area (Å²) in [5, 5.41) is 11.4. The van der Waals surface area contributed by atoms with Crippen molar-refractivity contribution in [3.05, 3.63) is 70.0 Å². The van der Waals surface area contributed by atoms with Crippen molar-refractivity contribution in [1.29, 1.82) is 0 Å². The number of hydrogen-bond acceptors (Lipinski definition) is 5. The lowest BCUT2D eigenvalue weighted by molar-refractivity contribution is -0.140. The van der Waals surface area contributed by atoms with Crippen LogP contribution in [0.25, 0.3) is 5.76 Å². The Morgan fingerprint density at radius 2 is 1.94 bits per heavy atom. The number of likely N-dealkylation sites (tertiary alicyclic amines) is 1. The molecule has 6 nitrogen and oxygen atoms in total. The molecule has 32 heavy (non-hydrogen) atoms. The topological polar surface area (TPSA) is 76.1 Å². The molecule has 0 aliphatic carbocycles. The summed E-state index contributed by atoms with van der Waals surface area (Å²) in [7, 11) is 1.40. The van der Waals surface area contributed by atoms with Gasteiger partial charge in [0, 0.05) is 23.7 Å². The molecule has 1 aliphatic rings. The number of amides is 1. The minimum Gasteiger partial charge on any atom is -0.507 e. The van der Waals surface area contributed by atoms with E-state index in [-0.39, 0.29) is 35.1 Å². The molecule has 2 aromatic carbocycles. The fourth-order valence-electron chi connectivity index (χ4n) is 3.70. The van der Waals surface area contributed by atoms with Gasteiger partial charge in [0.2, 0.25) is 0 Å². The van der Waals surface area contributed by atoms with Crippen LogP contribution in [0.15, 0.2) is 48.0 Å². The third-order valence-electron chi connectivity index (χ3n) is 5.15. The average Bonchev–Trinajstić information content (AvgIpc) is 3.01. The summed E-state index contributed by atoms with van der Waals surface area (Å²) >= 11 is 6.08. The van der Waals surface area contributed by atoms with E-state index in [1.165, 1.54) is 42.3 Å². The number of ether oxygens (including phenoxy) is 2. The van der Waals surface area contributed by atoms with E-state index in [2.05, 4.69) is 0 Å². The minimum absolute atomic E-state index is 0.0167. The van der Waals surface area contributed by atoms with E-state index in [0.717, 1.165) is 0 Å². The zero-order chi connectivity index (χ0) is 23.4. The van der Waals surface area contributed by atoms with Gasteiger partial charge < -0.3 is 19.5 Å². The number of methoxy groups -OCH3 is 1. The van der Waals surface area contributed by atoms with Crippen molar-refractivity contribution in [1.82, 2.24) is 4.90 Å². The largest absolute Gasteiger partial charge is 0.507 e. The number of Topliss-reactive ketones (excluding diaryl/α,β-unsaturated/α-hetero) is 1. The molecule has 0 bridgehead atoms. The van der Waals surface area contributed by atoms with Gasteiger partial charge in [-0.25, -0.2) is 4.39 Å². The number of aliphatic hydroxyl groups excluding tert-OH is 1. The predicted molar refractivity (Wildman–Crippen MR) is 119 cm³/mol. The van der Waals surface area contributed by atoms with E-state index < -0.39 is 29.3 Å². The minimum atomic E-state index is -1.10. The van der Waals surface area contributed by atoms with Gasteiger partial charge in [-0.05, 0) is 44.5 Å². The summed E-state index contributed by atoms with van der Waals surface area (Å²) in [6.07, 6.45) is 0.458. The second-order valence-corrected chi connectivity index (χ2v) is 8.07. The standard InChI is InChI=1S/C24H25ClFNO5/c1-14(2)32-12-6-11-27-21(16-7-4-5-8-18(16)26)20(23(29)24(27)30)22(28)17-13-15(25)9-10-19(17)31-3/h4-5,7-10,13-14,21,28H,6,11-12H2,1-3H3/b22-20+. The number of carbonyl (C=O) groups excluding carboxylic acids is 2. The quantitative estimate of drug-likeness (QED) is 0.266. The van der Waals surface area contributed by atoms with Crippen molar-refractivity contribution in [2.45, 2.75) is 32.4 Å². The van der Waals surface area contributed by atoms with Crippen molar-refractivity contribution >= 4 is 29.1 Å². The van der Waals surface area contributed by atoms with Gasteiger partial charge in [-0.15, -0.1) is 0 Å². The van der Waals surface area contributed by atoms with Crippen LogP contribution in [0.5, 0.6) is 5.75 Å². The smallest absolute Gasteiger partial charge is 0.295 e. The predicted octanol–water partition coefficient (Wildman–Crippen LogP) is 4.72. The van der Waals surface area contributed by atoms with E-state index in [1.54, 1.807) is 12.1 Å². The summed E-state index contributed by atoms with van der Waals surface area (Å²) in [5.74, 6) is -2.52. The van der Waals surface area contributed by atoms with E-state index in [9.17, 15) is 19.1 Å². The SMILES string of the molecule is COc1ccc(Cl)cc1/C(O)=C1\C(=O)C(=O)N(CCCOC(C)C)C1c1ccccc1F. The van der Waals surface area contributed by atoms with E-state index in [1.807, 2.05) is 13.8 Å². The van der Waals surface area contributed by atoms with E-state index in [4.69, 9.17) is 21.1 Å². The van der Waals surface area contributed by atoms with Gasteiger partial charge in [0.05, 0.1) is 30.4 Å². The molecule has 1 atom stereocenters. The van der Waals surface area contributed by atoms with Crippen molar-refractivity contribution in [3.63, 3.8) is 0 Å². The first-order valence-corrected chi connectivity index (χ1v) is 10.6. The highest BCUT2D eigenvalue weighted by Crippen LogP contribution is 2.42. The Bertz CT molecular complexity index is 1050. The molecule has 170 valence electrons. The number of halogens is 2. The zero-order valence-corrected chi connectivity index (χ0v) is 18.9. The number of nitrogens with zero attached hydrogens (tertiary/aromatic N) is 1. The summed E-state index contributed by atoms with van der Waals surface area (Å²) in [6, 6.07) is 9.30. The lowest BCUT2D eigenvalue weighted by atomic mass is 9.94. The summed E-state index contributed by atoms with van der Waals surface area (Å²) in [5.41, 5.74) is 0.0342. The van der Waals surface area contributed by atoms with Gasteiger partial charge in [-0.1, -0.05) is 29.8 Å². The van der Waals surface area contributed by atoms with Crippen LogP contribution >= 0.6 is 11.6 Å². The lowest BCUT2D eigenvalue weighted by Gasteiger charge is -2.26. The monoisotopic (exact) mass is 461 g/mol. The van der Waals surface area contributed by atoms with Gasteiger partial charge >= 0.3 is 0 Å². The third-order valence-corrected chi connectivity index (χ3v) is 5.39. The molecule has 2 aromatic rings. The Balaban J connectivity index is 2.12. The van der Waals surface area contributed by atoms with Gasteiger partial charge in [0.25, 0.3) is 11.7 Å². The molecule has 1 aliphatic heterocycles. The van der Waals surface area contributed by atoms with Crippen LogP contribution in [0.2, 0.25) is 5.02 Å². The van der Waals surface area contributed by atoms with E-state index in [0.29, 0.717) is 18.1 Å². The molecule has 1 fully saturated rings. The Kier molecular flexibility index (Phi) is 7.53. The number of rotatable bonds is 8. The normalized spacial score (nSPS) is 17.9. The molecule has 0 aromatic heterocycles. The molecule has 1 heterocycles. The maximum absolute atomic E-state index is 14.8. The number of aliphatic hydroxyl groups is 1. The van der Waals surface area contributed by atoms with Crippen LogP contribution in [0, 0.1) is 5.82 Å². The summed E-state index contributed by atoms with van der Waals surface area (Å²) in [6.45, 7) is 4.31. The van der Waals surface area contributed by atoms with Crippen LogP contribution in [0.4, 0.5) is 4.39 Å². The average molecular weight is 462 g/mol. The molecule has 8 heteroatoms. The van der Waals surface area contributed by atoms with Crippen LogP contribution in [-0.2, 0) is 14.3 Å². The van der Waals surface area contributed by atoms with Crippen molar-refractivity contribution in [2.24, 2.45) is 0 Å². The highest BCUT2D eigenvalue weighted by molar-refractivity contribution is 6.46. The first-order valence-electron chi connectivity index (χ1n) is 10.2. The highest BCUT2D eigenvalue weighted by Gasteiger charge is 2.47. The summed E-state index contributed by atoms with van der Waals surface area (Å²) in [4.78, 5) is 27.2. The molecular weight excluding hydrogens is 437 g/mol. The van der Waals surface area contributed by atoms with Crippen LogP contribution in [-0.4, -0.2) is 48.1 Å². The van der Waals surface area contributed by atoms with E-state index >= 15 is 0 Å². The first kappa shape index (κ1) is 23.8. The maximum Gasteiger partial charge on any atom is 0.295 e. The fraction of sp³-hybridized carbons (Fsp3) is 0.333. The molecule has 0 spiro atoms. The molecule has 1 saturated heterocycles. The Morgan fingerprint density at radius 3 is 2.59 bits per heavy atom. The number of carbonyl (C=O) groups is 2. The van der Waals surface area contributed by atoms with Gasteiger partial charge in [0.15, 0.2) is 0 Å². The van der Waals surface area contributed by atoms with Crippen molar-refractivity contribution < 1.29 is 28.6 Å². The second-order valence-electron chi connectivity index (χ2n) is 7.63. The van der Waals surface area contributed by atoms with Crippen molar-refractivity contribution in [3.8, 4) is 5.75 Å². The zero-order valence-electron chi connectivity index (χ0n) is 18.1. The fourth-order valence-corrected chi connectivity index (χ4v) is 3.87. The molecule has 1 unspecified atom stereocenters. The highest BCUT2D eigenvalue weighted by atomic mass is 35.5. The number of hydrogen-bond donors (Lipinski definition) is 1. The first-order chi connectivity index (χ1) is 15.3. The number of benzene rings is 2. The Morgan fingerprint density at radius 1 is 1.22 bits per heavy atom. The molecule has 0 radical (unpaired) electrons. The maximum atomic E-state index is 14.8. The van der Waals surface area contributed by atoms with Crippen LogP contribution in [0.1, 0.15) is 37.4 Å². The number of ketones is 1. The lowest BCUT2D eigenvalue weighted by Crippen LogP contribution is -2.31. The third kappa shape index (κ3) is 4.79. The van der Waals surface area contributed by atoms with Gasteiger partial charge in [-0.3, -0.25) is 9.59 Å². The van der Waals surface area contributed by atoms with Gasteiger partial charge in [-0.2, -0.15) is 0 Å². The van der Waals surface area contributed by atoms with Crippen molar-refractivity contribution in [2.75, 3.05) is 20.3 Å². The second kappa shape index (κ2) is 10.1.